The lowest BCUT2D eigenvalue weighted by Gasteiger charge is -2.21. The van der Waals surface area contributed by atoms with Crippen molar-refractivity contribution in [2.45, 2.75) is 91.9 Å². The van der Waals surface area contributed by atoms with E-state index in [1.165, 1.54) is 89.8 Å². The molecule has 0 heterocycles. The van der Waals surface area contributed by atoms with Crippen molar-refractivity contribution in [2.24, 2.45) is 0 Å². The molecule has 0 aliphatic rings. The Labute approximate surface area is 181 Å². The van der Waals surface area contributed by atoms with Crippen LogP contribution in [0.4, 0.5) is 0 Å². The maximum Gasteiger partial charge on any atom is 0.118 e. The van der Waals surface area contributed by atoms with E-state index in [9.17, 15) is 5.11 Å². The lowest BCUT2D eigenvalue weighted by molar-refractivity contribution is 0.269. The molecular formula is C26H48N2O. The molecule has 1 aromatic rings. The summed E-state index contributed by atoms with van der Waals surface area (Å²) in [5, 5.41) is 10.3. The van der Waals surface area contributed by atoms with Crippen LogP contribution in [0.2, 0.25) is 0 Å². The lowest BCUT2D eigenvalue weighted by atomic mass is 10.0. The van der Waals surface area contributed by atoms with Crippen molar-refractivity contribution in [1.82, 2.24) is 9.80 Å². The molecule has 1 N–H and O–H groups in total. The third-order valence-corrected chi connectivity index (χ3v) is 5.66. The average Bonchev–Trinajstić information content (AvgIpc) is 2.71. The Morgan fingerprint density at radius 3 is 1.59 bits per heavy atom. The normalized spacial score (nSPS) is 11.7. The summed E-state index contributed by atoms with van der Waals surface area (Å²) < 4.78 is 0. The van der Waals surface area contributed by atoms with Crippen molar-refractivity contribution in [2.75, 3.05) is 39.3 Å². The van der Waals surface area contributed by atoms with E-state index in [4.69, 9.17) is 0 Å². The van der Waals surface area contributed by atoms with Crippen LogP contribution in [0.3, 0.4) is 0 Å². The lowest BCUT2D eigenvalue weighted by Crippen LogP contribution is -2.26. The first-order valence-electron chi connectivity index (χ1n) is 12.4. The van der Waals surface area contributed by atoms with Crippen LogP contribution in [0, 0.1) is 0 Å². The Morgan fingerprint density at radius 1 is 0.621 bits per heavy atom. The van der Waals surface area contributed by atoms with Crippen LogP contribution in [0.1, 0.15) is 90.2 Å². The molecule has 168 valence electrons. The number of aryl methyl sites for hydroxylation is 2. The Bertz CT molecular complexity index is 505. The van der Waals surface area contributed by atoms with Gasteiger partial charge in [-0.3, -0.25) is 0 Å². The topological polar surface area (TPSA) is 26.7 Å². The summed E-state index contributed by atoms with van der Waals surface area (Å²) in [6.45, 7) is 16.3. The molecule has 1 rings (SSSR count). The summed E-state index contributed by atoms with van der Waals surface area (Å²) in [5.74, 6) is 0.477. The number of aromatic hydroxyl groups is 1. The fourth-order valence-corrected chi connectivity index (χ4v) is 4.25. The van der Waals surface area contributed by atoms with Gasteiger partial charge in [-0.05, 0) is 121 Å². The molecule has 0 amide bonds. The highest BCUT2D eigenvalue weighted by Gasteiger charge is 2.07. The van der Waals surface area contributed by atoms with E-state index in [0.717, 1.165) is 24.8 Å². The van der Waals surface area contributed by atoms with Gasteiger partial charge in [0.2, 0.25) is 0 Å². The average molecular weight is 405 g/mol. The largest absolute Gasteiger partial charge is 0.508 e. The van der Waals surface area contributed by atoms with Crippen molar-refractivity contribution in [1.29, 1.82) is 0 Å². The highest BCUT2D eigenvalue weighted by molar-refractivity contribution is 5.36. The molecule has 0 unspecified atom stereocenters. The quantitative estimate of drug-likeness (QED) is 0.292. The van der Waals surface area contributed by atoms with Crippen LogP contribution < -0.4 is 0 Å². The SMILES string of the molecule is CCCN(CCC)CCCCc1ccc(O)c(CCCCN(CCC)CCC)c1. The highest BCUT2D eigenvalue weighted by atomic mass is 16.3. The second-order valence-corrected chi connectivity index (χ2v) is 8.56. The summed E-state index contributed by atoms with van der Waals surface area (Å²) in [6, 6.07) is 6.27. The van der Waals surface area contributed by atoms with Crippen LogP contribution in [-0.4, -0.2) is 54.2 Å². The maximum atomic E-state index is 10.3. The first-order valence-corrected chi connectivity index (χ1v) is 12.4. The summed E-state index contributed by atoms with van der Waals surface area (Å²) in [7, 11) is 0. The summed E-state index contributed by atoms with van der Waals surface area (Å²) in [4.78, 5) is 5.18. The van der Waals surface area contributed by atoms with Gasteiger partial charge in [0.1, 0.15) is 5.75 Å². The number of phenols is 1. The van der Waals surface area contributed by atoms with Gasteiger partial charge in [-0.15, -0.1) is 0 Å². The second kappa shape index (κ2) is 16.7. The number of benzene rings is 1. The van der Waals surface area contributed by atoms with Gasteiger partial charge in [-0.1, -0.05) is 39.8 Å². The van der Waals surface area contributed by atoms with Crippen molar-refractivity contribution in [3.8, 4) is 5.75 Å². The standard InChI is InChI=1S/C26H48N2O/c1-5-17-27(18-6-2)21-11-9-13-24-15-16-26(29)25(23-24)14-10-12-22-28(19-7-3)20-8-4/h15-16,23,29H,5-14,17-22H2,1-4H3. The summed E-state index contributed by atoms with van der Waals surface area (Å²) in [5.41, 5.74) is 2.52. The summed E-state index contributed by atoms with van der Waals surface area (Å²) >= 11 is 0. The van der Waals surface area contributed by atoms with Gasteiger partial charge >= 0.3 is 0 Å². The van der Waals surface area contributed by atoms with Gasteiger partial charge in [0, 0.05) is 0 Å². The molecule has 0 spiro atoms. The maximum absolute atomic E-state index is 10.3. The number of unbranched alkanes of at least 4 members (excludes halogenated alkanes) is 2. The minimum Gasteiger partial charge on any atom is -0.508 e. The van der Waals surface area contributed by atoms with Crippen molar-refractivity contribution < 1.29 is 5.11 Å². The Morgan fingerprint density at radius 2 is 1.10 bits per heavy atom. The van der Waals surface area contributed by atoms with Crippen molar-refractivity contribution in [3.63, 3.8) is 0 Å². The van der Waals surface area contributed by atoms with Gasteiger partial charge in [0.05, 0.1) is 0 Å². The molecule has 0 saturated heterocycles. The van der Waals surface area contributed by atoms with Crippen LogP contribution in [-0.2, 0) is 12.8 Å². The minimum absolute atomic E-state index is 0.477. The fraction of sp³-hybridized carbons (Fsp3) is 0.769. The zero-order chi connectivity index (χ0) is 21.3. The number of hydrogen-bond acceptors (Lipinski definition) is 3. The van der Waals surface area contributed by atoms with Crippen LogP contribution in [0.25, 0.3) is 0 Å². The third kappa shape index (κ3) is 11.6. The zero-order valence-corrected chi connectivity index (χ0v) is 19.9. The van der Waals surface area contributed by atoms with E-state index < -0.39 is 0 Å². The molecule has 0 fully saturated rings. The third-order valence-electron chi connectivity index (χ3n) is 5.66. The van der Waals surface area contributed by atoms with Gasteiger partial charge in [0.15, 0.2) is 0 Å². The van der Waals surface area contributed by atoms with Crippen molar-refractivity contribution in [3.05, 3.63) is 29.3 Å². The van der Waals surface area contributed by atoms with Gasteiger partial charge in [0.25, 0.3) is 0 Å². The number of nitrogens with zero attached hydrogens (tertiary/aromatic N) is 2. The smallest absolute Gasteiger partial charge is 0.118 e. The highest BCUT2D eigenvalue weighted by Crippen LogP contribution is 2.22. The molecule has 29 heavy (non-hydrogen) atoms. The number of rotatable bonds is 18. The minimum atomic E-state index is 0.477. The predicted molar refractivity (Wildman–Crippen MR) is 128 cm³/mol. The van der Waals surface area contributed by atoms with E-state index in [0.29, 0.717) is 5.75 Å². The Hall–Kier alpha value is -1.06. The molecule has 0 radical (unpaired) electrons. The number of phenolic OH excluding ortho intramolecular Hbond substituents is 1. The fourth-order valence-electron chi connectivity index (χ4n) is 4.25. The van der Waals surface area contributed by atoms with E-state index in [1.807, 2.05) is 6.07 Å². The Balaban J connectivity index is 2.38. The molecule has 0 saturated carbocycles. The molecule has 0 bridgehead atoms. The molecule has 1 aromatic carbocycles. The molecule has 0 aliphatic carbocycles. The molecule has 3 nitrogen and oxygen atoms in total. The monoisotopic (exact) mass is 404 g/mol. The summed E-state index contributed by atoms with van der Waals surface area (Å²) in [6.07, 6.45) is 11.9. The predicted octanol–water partition coefficient (Wildman–Crippen LogP) is 6.28. The Kier molecular flexibility index (Phi) is 15.0. The van der Waals surface area contributed by atoms with Crippen LogP contribution in [0.15, 0.2) is 18.2 Å². The first-order chi connectivity index (χ1) is 14.1. The first kappa shape index (κ1) is 26.0. The van der Waals surface area contributed by atoms with E-state index in [1.54, 1.807) is 0 Å². The van der Waals surface area contributed by atoms with Crippen molar-refractivity contribution >= 4 is 0 Å². The van der Waals surface area contributed by atoms with Crippen LogP contribution >= 0.6 is 0 Å². The number of hydrogen-bond donors (Lipinski definition) is 1. The van der Waals surface area contributed by atoms with Gasteiger partial charge in [-0.25, -0.2) is 0 Å². The van der Waals surface area contributed by atoms with E-state index in [2.05, 4.69) is 49.6 Å². The van der Waals surface area contributed by atoms with Gasteiger partial charge < -0.3 is 14.9 Å². The molecule has 0 atom stereocenters. The second-order valence-electron chi connectivity index (χ2n) is 8.56. The van der Waals surface area contributed by atoms with E-state index in [-0.39, 0.29) is 0 Å². The molecule has 0 aliphatic heterocycles. The van der Waals surface area contributed by atoms with E-state index >= 15 is 0 Å². The van der Waals surface area contributed by atoms with Crippen LogP contribution in [0.5, 0.6) is 5.75 Å². The zero-order valence-electron chi connectivity index (χ0n) is 19.9. The van der Waals surface area contributed by atoms with Gasteiger partial charge in [-0.2, -0.15) is 0 Å². The molecule has 0 aromatic heterocycles. The molecular weight excluding hydrogens is 356 g/mol. The molecule has 3 heteroatoms.